The monoisotopic (exact) mass is 381 g/mol. The predicted molar refractivity (Wildman–Crippen MR) is 111 cm³/mol. The zero-order chi connectivity index (χ0) is 19.2. The van der Waals surface area contributed by atoms with Gasteiger partial charge in [-0.3, -0.25) is 9.69 Å². The molecule has 3 nitrogen and oxygen atoms in total. The number of carbonyl (C=O) groups is 1. The lowest BCUT2D eigenvalue weighted by molar-refractivity contribution is -0.142. The molecule has 0 saturated heterocycles. The van der Waals surface area contributed by atoms with Crippen LogP contribution in [0.3, 0.4) is 0 Å². The highest BCUT2D eigenvalue weighted by molar-refractivity contribution is 6.17. The average Bonchev–Trinajstić information content (AvgIpc) is 2.68. The molecule has 0 bridgehead atoms. The SMILES string of the molecule is CCCCCCC[C@@H](CC(=O)OC)N(CCCCl)[C@@H](C)c1ccccc1. The molecule has 0 aromatic heterocycles. The third kappa shape index (κ3) is 8.55. The van der Waals surface area contributed by atoms with Gasteiger partial charge in [0.1, 0.15) is 0 Å². The first-order chi connectivity index (χ1) is 12.6. The van der Waals surface area contributed by atoms with Crippen LogP contribution in [0.25, 0.3) is 0 Å². The molecule has 0 aliphatic rings. The number of ether oxygens (including phenoxy) is 1. The number of nitrogens with zero attached hydrogens (tertiary/aromatic N) is 1. The van der Waals surface area contributed by atoms with Gasteiger partial charge < -0.3 is 4.74 Å². The summed E-state index contributed by atoms with van der Waals surface area (Å²) < 4.78 is 4.97. The highest BCUT2D eigenvalue weighted by atomic mass is 35.5. The van der Waals surface area contributed by atoms with Crippen molar-refractivity contribution in [1.29, 1.82) is 0 Å². The molecule has 4 heteroatoms. The fourth-order valence-corrected chi connectivity index (χ4v) is 3.62. The van der Waals surface area contributed by atoms with Crippen LogP contribution >= 0.6 is 11.6 Å². The Morgan fingerprint density at radius 2 is 1.81 bits per heavy atom. The van der Waals surface area contributed by atoms with Gasteiger partial charge in [0.2, 0.25) is 0 Å². The first kappa shape index (κ1) is 23.0. The molecular formula is C22H36ClNO2. The number of methoxy groups -OCH3 is 1. The number of carbonyl (C=O) groups excluding carboxylic acids is 1. The quantitative estimate of drug-likeness (QED) is 0.226. The van der Waals surface area contributed by atoms with Gasteiger partial charge in [0.05, 0.1) is 13.5 Å². The standard InChI is InChI=1S/C22H36ClNO2/c1-4-5-6-7-11-15-21(18-22(25)26-3)24(17-12-16-23)19(2)20-13-9-8-10-14-20/h8-10,13-14,19,21H,4-7,11-12,15-18H2,1-3H3/t19-,21-/m0/s1. The van der Waals surface area contributed by atoms with Crippen molar-refractivity contribution in [3.63, 3.8) is 0 Å². The van der Waals surface area contributed by atoms with Gasteiger partial charge in [-0.05, 0) is 25.3 Å². The maximum atomic E-state index is 12.0. The lowest BCUT2D eigenvalue weighted by atomic mass is 9.98. The largest absolute Gasteiger partial charge is 0.469 e. The summed E-state index contributed by atoms with van der Waals surface area (Å²) >= 11 is 5.98. The van der Waals surface area contributed by atoms with E-state index in [0.29, 0.717) is 12.3 Å². The molecule has 0 fully saturated rings. The number of alkyl halides is 1. The Bertz CT molecular complexity index is 480. The minimum Gasteiger partial charge on any atom is -0.469 e. The summed E-state index contributed by atoms with van der Waals surface area (Å²) in [7, 11) is 1.48. The molecule has 2 atom stereocenters. The van der Waals surface area contributed by atoms with Gasteiger partial charge in [0.25, 0.3) is 0 Å². The van der Waals surface area contributed by atoms with E-state index in [-0.39, 0.29) is 18.1 Å². The maximum absolute atomic E-state index is 12.0. The summed E-state index contributed by atoms with van der Waals surface area (Å²) in [6.45, 7) is 5.36. The van der Waals surface area contributed by atoms with Crippen molar-refractivity contribution in [2.24, 2.45) is 0 Å². The van der Waals surface area contributed by atoms with Gasteiger partial charge in [-0.15, -0.1) is 11.6 Å². The Labute approximate surface area is 165 Å². The van der Waals surface area contributed by atoms with Crippen LogP contribution in [0, 0.1) is 0 Å². The normalized spacial score (nSPS) is 13.6. The van der Waals surface area contributed by atoms with Crippen LogP contribution in [0.1, 0.15) is 76.8 Å². The third-order valence-corrected chi connectivity index (χ3v) is 5.34. The Hall–Kier alpha value is -1.06. The van der Waals surface area contributed by atoms with E-state index in [1.807, 2.05) is 6.07 Å². The minimum absolute atomic E-state index is 0.125. The van der Waals surface area contributed by atoms with Gasteiger partial charge in [0, 0.05) is 24.5 Å². The Balaban J connectivity index is 2.85. The summed E-state index contributed by atoms with van der Waals surface area (Å²) in [6.07, 6.45) is 8.59. The molecule has 0 saturated carbocycles. The van der Waals surface area contributed by atoms with E-state index >= 15 is 0 Å². The summed E-state index contributed by atoms with van der Waals surface area (Å²) in [5.74, 6) is 0.513. The molecule has 0 N–H and O–H groups in total. The second-order valence-corrected chi connectivity index (χ2v) is 7.38. The van der Waals surface area contributed by atoms with Crippen LogP contribution in [0.4, 0.5) is 0 Å². The summed E-state index contributed by atoms with van der Waals surface area (Å²) in [4.78, 5) is 14.5. The van der Waals surface area contributed by atoms with Crippen LogP contribution < -0.4 is 0 Å². The van der Waals surface area contributed by atoms with Crippen molar-refractivity contribution >= 4 is 17.6 Å². The van der Waals surface area contributed by atoms with E-state index in [9.17, 15) is 4.79 Å². The van der Waals surface area contributed by atoms with Crippen molar-refractivity contribution in [3.05, 3.63) is 35.9 Å². The predicted octanol–water partition coefficient (Wildman–Crippen LogP) is 5.97. The lowest BCUT2D eigenvalue weighted by Crippen LogP contribution is -2.40. The molecule has 0 radical (unpaired) electrons. The molecule has 0 heterocycles. The van der Waals surface area contributed by atoms with Crippen LogP contribution in [0.5, 0.6) is 0 Å². The molecule has 0 spiro atoms. The van der Waals surface area contributed by atoms with E-state index < -0.39 is 0 Å². The number of esters is 1. The summed E-state index contributed by atoms with van der Waals surface area (Å²) in [5.41, 5.74) is 1.28. The highest BCUT2D eigenvalue weighted by Gasteiger charge is 2.26. The zero-order valence-electron chi connectivity index (χ0n) is 16.8. The molecular weight excluding hydrogens is 346 g/mol. The molecule has 148 valence electrons. The number of unbranched alkanes of at least 4 members (excludes halogenated alkanes) is 4. The van der Waals surface area contributed by atoms with Gasteiger partial charge >= 0.3 is 5.97 Å². The van der Waals surface area contributed by atoms with Crippen LogP contribution in [-0.4, -0.2) is 36.4 Å². The van der Waals surface area contributed by atoms with Crippen LogP contribution in [-0.2, 0) is 9.53 Å². The van der Waals surface area contributed by atoms with E-state index in [0.717, 1.165) is 25.8 Å². The first-order valence-corrected chi connectivity index (χ1v) is 10.6. The van der Waals surface area contributed by atoms with E-state index in [1.54, 1.807) is 0 Å². The molecule has 1 aromatic rings. The van der Waals surface area contributed by atoms with Crippen molar-refractivity contribution in [2.75, 3.05) is 19.5 Å². The molecule has 0 aliphatic carbocycles. The Kier molecular flexibility index (Phi) is 12.4. The fourth-order valence-electron chi connectivity index (χ4n) is 3.50. The molecule has 26 heavy (non-hydrogen) atoms. The smallest absolute Gasteiger partial charge is 0.307 e. The molecule has 1 rings (SSSR count). The van der Waals surface area contributed by atoms with Crippen LogP contribution in [0.2, 0.25) is 0 Å². The number of benzene rings is 1. The Morgan fingerprint density at radius 1 is 1.12 bits per heavy atom. The van der Waals surface area contributed by atoms with Crippen molar-refractivity contribution in [3.8, 4) is 0 Å². The third-order valence-electron chi connectivity index (χ3n) is 5.07. The molecule has 0 amide bonds. The topological polar surface area (TPSA) is 29.5 Å². The highest BCUT2D eigenvalue weighted by Crippen LogP contribution is 2.27. The van der Waals surface area contributed by atoms with Crippen LogP contribution in [0.15, 0.2) is 30.3 Å². The van der Waals surface area contributed by atoms with Gasteiger partial charge in [-0.2, -0.15) is 0 Å². The minimum atomic E-state index is -0.125. The maximum Gasteiger partial charge on any atom is 0.307 e. The van der Waals surface area contributed by atoms with Gasteiger partial charge in [-0.25, -0.2) is 0 Å². The fraction of sp³-hybridized carbons (Fsp3) is 0.682. The van der Waals surface area contributed by atoms with E-state index in [1.165, 1.54) is 38.4 Å². The zero-order valence-corrected chi connectivity index (χ0v) is 17.5. The van der Waals surface area contributed by atoms with Gasteiger partial charge in [-0.1, -0.05) is 69.4 Å². The average molecular weight is 382 g/mol. The molecule has 0 unspecified atom stereocenters. The molecule has 1 aromatic carbocycles. The number of rotatable bonds is 14. The second kappa shape index (κ2) is 14.1. The summed E-state index contributed by atoms with van der Waals surface area (Å²) in [6, 6.07) is 11.0. The first-order valence-electron chi connectivity index (χ1n) is 10.1. The van der Waals surface area contributed by atoms with Crippen molar-refractivity contribution in [1.82, 2.24) is 4.90 Å². The molecule has 0 aliphatic heterocycles. The Morgan fingerprint density at radius 3 is 2.42 bits per heavy atom. The number of halogens is 1. The van der Waals surface area contributed by atoms with Crippen molar-refractivity contribution < 1.29 is 9.53 Å². The second-order valence-electron chi connectivity index (χ2n) is 7.00. The summed E-state index contributed by atoms with van der Waals surface area (Å²) in [5, 5.41) is 0. The van der Waals surface area contributed by atoms with E-state index in [4.69, 9.17) is 16.3 Å². The van der Waals surface area contributed by atoms with E-state index in [2.05, 4.69) is 43.0 Å². The number of hydrogen-bond acceptors (Lipinski definition) is 3. The lowest BCUT2D eigenvalue weighted by Gasteiger charge is -2.36. The number of hydrogen-bond donors (Lipinski definition) is 0. The van der Waals surface area contributed by atoms with Crippen molar-refractivity contribution in [2.45, 2.75) is 77.3 Å². The van der Waals surface area contributed by atoms with Gasteiger partial charge in [0.15, 0.2) is 0 Å².